The fourth-order valence-electron chi connectivity index (χ4n) is 4.58. The second-order valence-electron chi connectivity index (χ2n) is 9.24. The van der Waals surface area contributed by atoms with Crippen LogP contribution in [0, 0.1) is 11.7 Å². The number of hydrogen-bond acceptors (Lipinski definition) is 6. The van der Waals surface area contributed by atoms with Crippen LogP contribution in [0.1, 0.15) is 12.0 Å². The number of nitrogens with zero attached hydrogens (tertiary/aromatic N) is 3. The lowest BCUT2D eigenvalue weighted by Crippen LogP contribution is -2.44. The monoisotopic (exact) mass is 542 g/mol. The summed E-state index contributed by atoms with van der Waals surface area (Å²) in [4.78, 5) is 36.7. The maximum atomic E-state index is 13.4. The zero-order chi connectivity index (χ0) is 27.0. The van der Waals surface area contributed by atoms with Crippen LogP contribution in [0.5, 0.6) is 11.5 Å². The number of anilines is 1. The van der Waals surface area contributed by atoms with E-state index in [9.17, 15) is 14.0 Å². The fraction of sp³-hybridized carbons (Fsp3) is 0.200. The highest BCUT2D eigenvalue weighted by atomic mass is 32.2. The zero-order valence-electron chi connectivity index (χ0n) is 21.1. The molecule has 0 spiro atoms. The molecule has 1 aliphatic rings. The van der Waals surface area contributed by atoms with Gasteiger partial charge >= 0.3 is 0 Å². The molecule has 7 nitrogen and oxygen atoms in total. The Balaban J connectivity index is 1.25. The molecule has 1 saturated heterocycles. The highest BCUT2D eigenvalue weighted by molar-refractivity contribution is 7.99. The molecule has 1 N–H and O–H groups in total. The van der Waals surface area contributed by atoms with E-state index in [4.69, 9.17) is 4.74 Å². The molecule has 1 aliphatic heterocycles. The Morgan fingerprint density at radius 1 is 0.923 bits per heavy atom. The van der Waals surface area contributed by atoms with Crippen LogP contribution in [-0.2, 0) is 16.0 Å². The fourth-order valence-corrected chi connectivity index (χ4v) is 5.27. The van der Waals surface area contributed by atoms with Gasteiger partial charge in [-0.15, -0.1) is 0 Å². The standard InChI is InChI=1S/C30H27FN4O3S/c31-23-7-11-25(12-8-23)38-26-13-9-24(10-14-26)34-29(37)27-18-22(17-21-5-2-1-3-6-21)19-35(27)28(36)20-39-30-32-15-4-16-33-30/h1-16,22,27H,17-20H2,(H,34,37). The molecule has 2 amide bonds. The van der Waals surface area contributed by atoms with Gasteiger partial charge in [-0.1, -0.05) is 42.1 Å². The molecule has 1 fully saturated rings. The van der Waals surface area contributed by atoms with Crippen LogP contribution in [-0.4, -0.2) is 45.0 Å². The van der Waals surface area contributed by atoms with Gasteiger partial charge in [0.2, 0.25) is 11.8 Å². The van der Waals surface area contributed by atoms with Gasteiger partial charge < -0.3 is 15.0 Å². The molecule has 2 unspecified atom stereocenters. The number of hydrogen-bond donors (Lipinski definition) is 1. The van der Waals surface area contributed by atoms with Crippen LogP contribution in [0.25, 0.3) is 0 Å². The van der Waals surface area contributed by atoms with Crippen LogP contribution in [0.2, 0.25) is 0 Å². The molecule has 39 heavy (non-hydrogen) atoms. The number of likely N-dealkylation sites (tertiary alicyclic amines) is 1. The van der Waals surface area contributed by atoms with Gasteiger partial charge in [-0.3, -0.25) is 9.59 Å². The van der Waals surface area contributed by atoms with E-state index in [2.05, 4.69) is 27.4 Å². The first kappa shape index (κ1) is 26.4. The number of rotatable bonds is 9. The van der Waals surface area contributed by atoms with E-state index in [1.165, 1.54) is 29.5 Å². The van der Waals surface area contributed by atoms with Crippen molar-refractivity contribution in [1.29, 1.82) is 0 Å². The number of halogens is 1. The largest absolute Gasteiger partial charge is 0.457 e. The van der Waals surface area contributed by atoms with Gasteiger partial charge in [-0.05, 0) is 78.9 Å². The van der Waals surface area contributed by atoms with Crippen molar-refractivity contribution in [2.75, 3.05) is 17.6 Å². The van der Waals surface area contributed by atoms with Crippen molar-refractivity contribution in [3.63, 3.8) is 0 Å². The van der Waals surface area contributed by atoms with Gasteiger partial charge in [0.1, 0.15) is 23.4 Å². The molecular weight excluding hydrogens is 515 g/mol. The third-order valence-corrected chi connectivity index (χ3v) is 7.28. The van der Waals surface area contributed by atoms with Crippen LogP contribution < -0.4 is 10.1 Å². The summed E-state index contributed by atoms with van der Waals surface area (Å²) in [5.74, 6) is 0.700. The number of aromatic nitrogens is 2. The molecule has 3 aromatic carbocycles. The molecule has 0 saturated carbocycles. The number of thioether (sulfide) groups is 1. The average Bonchev–Trinajstić information content (AvgIpc) is 3.39. The van der Waals surface area contributed by atoms with Gasteiger partial charge in [-0.25, -0.2) is 14.4 Å². The average molecular weight is 543 g/mol. The van der Waals surface area contributed by atoms with Crippen molar-refractivity contribution in [2.45, 2.75) is 24.0 Å². The Hall–Kier alpha value is -4.24. The van der Waals surface area contributed by atoms with Crippen molar-refractivity contribution in [2.24, 2.45) is 5.92 Å². The van der Waals surface area contributed by atoms with Crippen molar-refractivity contribution in [3.8, 4) is 11.5 Å². The van der Waals surface area contributed by atoms with Crippen LogP contribution in [0.4, 0.5) is 10.1 Å². The first-order chi connectivity index (χ1) is 19.0. The Labute approximate surface area is 230 Å². The second-order valence-corrected chi connectivity index (χ2v) is 10.2. The minimum atomic E-state index is -0.585. The number of benzene rings is 3. The van der Waals surface area contributed by atoms with Crippen molar-refractivity contribution >= 4 is 29.3 Å². The summed E-state index contributed by atoms with van der Waals surface area (Å²) in [5, 5.41) is 3.48. The Morgan fingerprint density at radius 3 is 2.28 bits per heavy atom. The van der Waals surface area contributed by atoms with E-state index in [1.54, 1.807) is 59.8 Å². The predicted molar refractivity (Wildman–Crippen MR) is 148 cm³/mol. The molecule has 198 valence electrons. The Morgan fingerprint density at radius 2 is 1.59 bits per heavy atom. The SMILES string of the molecule is O=C(Nc1ccc(Oc2ccc(F)cc2)cc1)C1CC(Cc2ccccc2)CN1C(=O)CSc1ncccn1. The summed E-state index contributed by atoms with van der Waals surface area (Å²) < 4.78 is 18.9. The lowest BCUT2D eigenvalue weighted by atomic mass is 9.96. The van der Waals surface area contributed by atoms with Crippen LogP contribution >= 0.6 is 11.8 Å². The lowest BCUT2D eigenvalue weighted by molar-refractivity contribution is -0.134. The minimum absolute atomic E-state index is 0.119. The highest BCUT2D eigenvalue weighted by Gasteiger charge is 2.39. The van der Waals surface area contributed by atoms with Gasteiger partial charge in [0.25, 0.3) is 0 Å². The molecule has 5 rings (SSSR count). The van der Waals surface area contributed by atoms with Crippen molar-refractivity contribution < 1.29 is 18.7 Å². The summed E-state index contributed by atoms with van der Waals surface area (Å²) in [7, 11) is 0. The minimum Gasteiger partial charge on any atom is -0.457 e. The molecule has 0 radical (unpaired) electrons. The first-order valence-corrected chi connectivity index (χ1v) is 13.6. The molecule has 2 heterocycles. The number of amides is 2. The number of nitrogens with one attached hydrogen (secondary N) is 1. The van der Waals surface area contributed by atoms with Crippen LogP contribution in [0.3, 0.4) is 0 Å². The molecule has 4 aromatic rings. The van der Waals surface area contributed by atoms with E-state index in [1.807, 2.05) is 18.2 Å². The molecule has 1 aromatic heterocycles. The Kier molecular flexibility index (Phi) is 8.48. The van der Waals surface area contributed by atoms with Gasteiger partial charge in [0, 0.05) is 24.6 Å². The maximum absolute atomic E-state index is 13.4. The summed E-state index contributed by atoms with van der Waals surface area (Å²) in [6.07, 6.45) is 4.64. The third-order valence-electron chi connectivity index (χ3n) is 6.42. The number of ether oxygens (including phenoxy) is 1. The predicted octanol–water partition coefficient (Wildman–Crippen LogP) is 5.60. The van der Waals surface area contributed by atoms with E-state index >= 15 is 0 Å². The molecule has 2 atom stereocenters. The molecule has 0 bridgehead atoms. The smallest absolute Gasteiger partial charge is 0.247 e. The molecular formula is C30H27FN4O3S. The van der Waals surface area contributed by atoms with Gasteiger partial charge in [-0.2, -0.15) is 0 Å². The summed E-state index contributed by atoms with van der Waals surface area (Å²) in [5.41, 5.74) is 1.78. The zero-order valence-corrected chi connectivity index (χ0v) is 21.9. The van der Waals surface area contributed by atoms with Gasteiger partial charge in [0.15, 0.2) is 5.16 Å². The molecule has 0 aliphatic carbocycles. The van der Waals surface area contributed by atoms with E-state index in [0.717, 1.165) is 6.42 Å². The van der Waals surface area contributed by atoms with Gasteiger partial charge in [0.05, 0.1) is 5.75 Å². The Bertz CT molecular complexity index is 1390. The quantitative estimate of drug-likeness (QED) is 0.219. The van der Waals surface area contributed by atoms with E-state index in [0.29, 0.717) is 35.3 Å². The second kappa shape index (κ2) is 12.5. The lowest BCUT2D eigenvalue weighted by Gasteiger charge is -2.24. The number of carbonyl (C=O) groups excluding carboxylic acids is 2. The normalized spacial score (nSPS) is 16.6. The first-order valence-electron chi connectivity index (χ1n) is 12.6. The highest BCUT2D eigenvalue weighted by Crippen LogP contribution is 2.29. The summed E-state index contributed by atoms with van der Waals surface area (Å²) in [6.45, 7) is 0.506. The van der Waals surface area contributed by atoms with Crippen molar-refractivity contribution in [1.82, 2.24) is 14.9 Å². The van der Waals surface area contributed by atoms with Crippen molar-refractivity contribution in [3.05, 3.63) is 109 Å². The third kappa shape index (κ3) is 7.20. The van der Waals surface area contributed by atoms with Crippen LogP contribution in [0.15, 0.2) is 102 Å². The van der Waals surface area contributed by atoms with E-state index < -0.39 is 6.04 Å². The summed E-state index contributed by atoms with van der Waals surface area (Å²) in [6, 6.07) is 23.9. The number of carbonyl (C=O) groups is 2. The molecule has 9 heteroatoms. The maximum Gasteiger partial charge on any atom is 0.247 e. The topological polar surface area (TPSA) is 84.4 Å². The summed E-state index contributed by atoms with van der Waals surface area (Å²) >= 11 is 1.26. The van der Waals surface area contributed by atoms with E-state index in [-0.39, 0.29) is 29.3 Å².